The fraction of sp³-hybridized carbons (Fsp3) is 0.115. The van der Waals surface area contributed by atoms with Crippen molar-refractivity contribution in [3.05, 3.63) is 102 Å². The maximum Gasteiger partial charge on any atom is 0.252 e. The Balaban J connectivity index is 1.37. The molecular formula is C26H24N4O2S. The number of benzene rings is 3. The minimum atomic E-state index is -0.141. The van der Waals surface area contributed by atoms with Crippen LogP contribution in [0.5, 0.6) is 11.6 Å². The Morgan fingerprint density at radius 2 is 1.61 bits per heavy atom. The van der Waals surface area contributed by atoms with Crippen molar-refractivity contribution >= 4 is 23.4 Å². The number of carbonyl (C=O) groups excluding carboxylic acids is 1. The molecule has 166 valence electrons. The smallest absolute Gasteiger partial charge is 0.252 e. The van der Waals surface area contributed by atoms with E-state index in [1.165, 1.54) is 11.8 Å². The van der Waals surface area contributed by atoms with Gasteiger partial charge in [0.15, 0.2) is 5.03 Å². The normalized spacial score (nSPS) is 10.5. The third-order valence-electron chi connectivity index (χ3n) is 4.83. The van der Waals surface area contributed by atoms with Crippen LogP contribution in [0, 0.1) is 0 Å². The van der Waals surface area contributed by atoms with Gasteiger partial charge in [0.2, 0.25) is 0 Å². The summed E-state index contributed by atoms with van der Waals surface area (Å²) in [5, 5.41) is 3.62. The molecular weight excluding hydrogens is 432 g/mol. The van der Waals surface area contributed by atoms with Gasteiger partial charge in [-0.2, -0.15) is 0 Å². The molecule has 7 heteroatoms. The van der Waals surface area contributed by atoms with Crippen molar-refractivity contribution in [3.63, 3.8) is 0 Å². The Kier molecular flexibility index (Phi) is 7.22. The Labute approximate surface area is 197 Å². The van der Waals surface area contributed by atoms with Gasteiger partial charge in [0.05, 0.1) is 0 Å². The highest BCUT2D eigenvalue weighted by Crippen LogP contribution is 2.33. The largest absolute Gasteiger partial charge is 0.437 e. The van der Waals surface area contributed by atoms with Crippen LogP contribution < -0.4 is 15.0 Å². The summed E-state index contributed by atoms with van der Waals surface area (Å²) in [6, 6.07) is 25.0. The fourth-order valence-electron chi connectivity index (χ4n) is 3.04. The zero-order chi connectivity index (χ0) is 23.0. The van der Waals surface area contributed by atoms with Gasteiger partial charge >= 0.3 is 0 Å². The minimum Gasteiger partial charge on any atom is -0.437 e. The Bertz CT molecular complexity index is 1200. The maximum atomic E-state index is 12.5. The number of carbonyl (C=O) groups is 1. The van der Waals surface area contributed by atoms with E-state index in [2.05, 4.69) is 15.3 Å². The van der Waals surface area contributed by atoms with Crippen LogP contribution in [0.1, 0.15) is 15.9 Å². The van der Waals surface area contributed by atoms with Gasteiger partial charge in [-0.25, -0.2) is 9.97 Å². The molecule has 3 aromatic carbocycles. The predicted molar refractivity (Wildman–Crippen MR) is 131 cm³/mol. The number of nitrogens with zero attached hydrogens (tertiary/aromatic N) is 3. The van der Waals surface area contributed by atoms with E-state index in [0.717, 1.165) is 16.1 Å². The molecule has 0 unspecified atom stereocenters. The molecule has 0 fully saturated rings. The van der Waals surface area contributed by atoms with E-state index in [9.17, 15) is 4.79 Å². The molecule has 4 aromatic rings. The number of anilines is 1. The van der Waals surface area contributed by atoms with Crippen molar-refractivity contribution in [1.29, 1.82) is 0 Å². The van der Waals surface area contributed by atoms with Crippen molar-refractivity contribution in [2.24, 2.45) is 0 Å². The number of hydrogen-bond acceptors (Lipinski definition) is 6. The van der Waals surface area contributed by atoms with Gasteiger partial charge in [0, 0.05) is 49.2 Å². The molecule has 6 nitrogen and oxygen atoms in total. The van der Waals surface area contributed by atoms with Crippen molar-refractivity contribution in [3.8, 4) is 11.6 Å². The molecule has 4 rings (SSSR count). The average molecular weight is 457 g/mol. The quantitative estimate of drug-likeness (QED) is 0.382. The van der Waals surface area contributed by atoms with Gasteiger partial charge in [-0.1, -0.05) is 42.1 Å². The SMILES string of the molecule is CN(C)c1ccc(CNC(=O)c2ccc(Oc3nccnc3Sc3ccccc3)cc2)cc1. The van der Waals surface area contributed by atoms with Gasteiger partial charge in [0.1, 0.15) is 5.75 Å². The first-order chi connectivity index (χ1) is 16.1. The van der Waals surface area contributed by atoms with Crippen LogP contribution in [0.3, 0.4) is 0 Å². The summed E-state index contributed by atoms with van der Waals surface area (Å²) in [6.45, 7) is 0.463. The first-order valence-corrected chi connectivity index (χ1v) is 11.3. The molecule has 1 aromatic heterocycles. The monoisotopic (exact) mass is 456 g/mol. The molecule has 0 bridgehead atoms. The van der Waals surface area contributed by atoms with Crippen LogP contribution in [-0.4, -0.2) is 30.0 Å². The summed E-state index contributed by atoms with van der Waals surface area (Å²) < 4.78 is 5.95. The lowest BCUT2D eigenvalue weighted by molar-refractivity contribution is 0.0951. The van der Waals surface area contributed by atoms with E-state index >= 15 is 0 Å². The second-order valence-electron chi connectivity index (χ2n) is 7.45. The van der Waals surface area contributed by atoms with Crippen LogP contribution in [0.2, 0.25) is 0 Å². The number of nitrogens with one attached hydrogen (secondary N) is 1. The van der Waals surface area contributed by atoms with Crippen molar-refractivity contribution in [2.75, 3.05) is 19.0 Å². The zero-order valence-electron chi connectivity index (χ0n) is 18.4. The van der Waals surface area contributed by atoms with Gasteiger partial charge < -0.3 is 15.0 Å². The van der Waals surface area contributed by atoms with Crippen molar-refractivity contribution in [1.82, 2.24) is 15.3 Å². The lowest BCUT2D eigenvalue weighted by Gasteiger charge is -2.13. The maximum absolute atomic E-state index is 12.5. The van der Waals surface area contributed by atoms with E-state index < -0.39 is 0 Å². The van der Waals surface area contributed by atoms with E-state index in [0.29, 0.717) is 28.8 Å². The van der Waals surface area contributed by atoms with E-state index in [-0.39, 0.29) is 5.91 Å². The summed E-state index contributed by atoms with van der Waals surface area (Å²) in [6.07, 6.45) is 3.23. The highest BCUT2D eigenvalue weighted by Gasteiger charge is 2.11. The lowest BCUT2D eigenvalue weighted by Crippen LogP contribution is -2.22. The Hall–Kier alpha value is -3.84. The lowest BCUT2D eigenvalue weighted by atomic mass is 10.1. The second-order valence-corrected chi connectivity index (χ2v) is 8.51. The van der Waals surface area contributed by atoms with Gasteiger partial charge in [0.25, 0.3) is 11.8 Å². The molecule has 1 amide bonds. The minimum absolute atomic E-state index is 0.141. The highest BCUT2D eigenvalue weighted by atomic mass is 32.2. The number of amides is 1. The van der Waals surface area contributed by atoms with E-state index in [1.54, 1.807) is 36.7 Å². The first-order valence-electron chi connectivity index (χ1n) is 10.4. The molecule has 1 heterocycles. The number of aromatic nitrogens is 2. The van der Waals surface area contributed by atoms with E-state index in [4.69, 9.17) is 4.74 Å². The van der Waals surface area contributed by atoms with Gasteiger partial charge in [-0.15, -0.1) is 0 Å². The fourth-order valence-corrected chi connectivity index (χ4v) is 3.85. The summed E-state index contributed by atoms with van der Waals surface area (Å²) in [4.78, 5) is 24.3. The summed E-state index contributed by atoms with van der Waals surface area (Å²) in [5.41, 5.74) is 2.72. The summed E-state index contributed by atoms with van der Waals surface area (Å²) in [5.74, 6) is 0.865. The number of rotatable bonds is 8. The summed E-state index contributed by atoms with van der Waals surface area (Å²) in [7, 11) is 3.99. The Morgan fingerprint density at radius 3 is 2.30 bits per heavy atom. The standard InChI is InChI=1S/C26H24N4O2S/c1-30(2)21-12-8-19(9-13-21)18-29-24(31)20-10-14-22(15-11-20)32-25-26(28-17-16-27-25)33-23-6-4-3-5-7-23/h3-17H,18H2,1-2H3,(H,29,31). The molecule has 33 heavy (non-hydrogen) atoms. The number of ether oxygens (including phenoxy) is 1. The molecule has 0 saturated heterocycles. The molecule has 0 saturated carbocycles. The third kappa shape index (κ3) is 6.11. The predicted octanol–water partition coefficient (Wildman–Crippen LogP) is 5.42. The zero-order valence-corrected chi connectivity index (χ0v) is 19.3. The van der Waals surface area contributed by atoms with Crippen LogP contribution in [-0.2, 0) is 6.54 Å². The molecule has 0 radical (unpaired) electrons. The van der Waals surface area contributed by atoms with E-state index in [1.807, 2.05) is 73.6 Å². The van der Waals surface area contributed by atoms with Gasteiger partial charge in [-0.05, 0) is 54.1 Å². The van der Waals surface area contributed by atoms with Crippen molar-refractivity contribution < 1.29 is 9.53 Å². The molecule has 1 N–H and O–H groups in total. The topological polar surface area (TPSA) is 67.4 Å². The molecule has 0 aliphatic heterocycles. The number of hydrogen-bond donors (Lipinski definition) is 1. The van der Waals surface area contributed by atoms with Crippen molar-refractivity contribution in [2.45, 2.75) is 16.5 Å². The molecule has 0 aliphatic rings. The highest BCUT2D eigenvalue weighted by molar-refractivity contribution is 7.99. The van der Waals surface area contributed by atoms with Crippen LogP contribution in [0.25, 0.3) is 0 Å². The molecule has 0 aliphatic carbocycles. The van der Waals surface area contributed by atoms with Crippen LogP contribution in [0.4, 0.5) is 5.69 Å². The molecule has 0 spiro atoms. The Morgan fingerprint density at radius 1 is 0.909 bits per heavy atom. The third-order valence-corrected chi connectivity index (χ3v) is 5.81. The summed E-state index contributed by atoms with van der Waals surface area (Å²) >= 11 is 1.48. The van der Waals surface area contributed by atoms with Gasteiger partial charge in [-0.3, -0.25) is 4.79 Å². The molecule has 0 atom stereocenters. The second kappa shape index (κ2) is 10.7. The van der Waals surface area contributed by atoms with Crippen LogP contribution >= 0.6 is 11.8 Å². The van der Waals surface area contributed by atoms with Crippen LogP contribution in [0.15, 0.2) is 101 Å². The average Bonchev–Trinajstić information content (AvgIpc) is 2.85. The first kappa shape index (κ1) is 22.4.